The van der Waals surface area contributed by atoms with Crippen molar-refractivity contribution in [3.05, 3.63) is 133 Å². The van der Waals surface area contributed by atoms with Crippen molar-refractivity contribution in [3.63, 3.8) is 0 Å². The normalized spacial score (nSPS) is 14.9. The number of hydrogen-bond acceptors (Lipinski definition) is 2. The molecule has 0 radical (unpaired) electrons. The molecule has 0 saturated carbocycles. The molecule has 3 aromatic rings. The molecule has 2 heteroatoms. The van der Waals surface area contributed by atoms with Crippen molar-refractivity contribution in [3.8, 4) is 0 Å². The Balaban J connectivity index is 2.04. The Labute approximate surface area is 167 Å². The predicted octanol–water partition coefficient (Wildman–Crippen LogP) is 6.53. The van der Waals surface area contributed by atoms with Gasteiger partial charge < -0.3 is 9.47 Å². The first-order valence-corrected chi connectivity index (χ1v) is 9.34. The highest BCUT2D eigenvalue weighted by atomic mass is 16.5. The highest BCUT2D eigenvalue weighted by molar-refractivity contribution is 5.41. The van der Waals surface area contributed by atoms with Gasteiger partial charge in [-0.15, -0.1) is 0 Å². The Kier molecular flexibility index (Phi) is 5.70. The van der Waals surface area contributed by atoms with Gasteiger partial charge in [0.25, 0.3) is 0 Å². The third kappa shape index (κ3) is 3.59. The molecule has 0 amide bonds. The average molecular weight is 370 g/mol. The summed E-state index contributed by atoms with van der Waals surface area (Å²) >= 11 is 0. The maximum atomic E-state index is 5.98. The summed E-state index contributed by atoms with van der Waals surface area (Å²) < 4.78 is 12.0. The smallest absolute Gasteiger partial charge is 0.155 e. The molecule has 0 heterocycles. The van der Waals surface area contributed by atoms with E-state index in [4.69, 9.17) is 9.47 Å². The number of ether oxygens (including phenoxy) is 2. The Morgan fingerprint density at radius 2 is 0.821 bits per heavy atom. The van der Waals surface area contributed by atoms with Crippen LogP contribution < -0.4 is 0 Å². The minimum atomic E-state index is -0.621. The van der Waals surface area contributed by atoms with Crippen LogP contribution in [0.1, 0.15) is 36.1 Å². The van der Waals surface area contributed by atoms with Crippen molar-refractivity contribution >= 4 is 0 Å². The molecule has 2 unspecified atom stereocenters. The average Bonchev–Trinajstić information content (AvgIpc) is 2.75. The van der Waals surface area contributed by atoms with Crippen molar-refractivity contribution in [2.45, 2.75) is 25.0 Å². The largest absolute Gasteiger partial charge is 0.486 e. The third-order valence-corrected chi connectivity index (χ3v) is 5.27. The van der Waals surface area contributed by atoms with Gasteiger partial charge in [0, 0.05) is 0 Å². The predicted molar refractivity (Wildman–Crippen MR) is 115 cm³/mol. The first-order valence-electron chi connectivity index (χ1n) is 9.34. The standard InChI is InChI=1S/C26H26O2/c1-5-27-25(3,21-13-9-7-10-14-21)23-17-19-24(20-18-23)26(4,28-6-2)22-15-11-8-12-16-22/h5-20H,1-2H2,3-4H3. The Morgan fingerprint density at radius 3 is 1.11 bits per heavy atom. The second-order valence-corrected chi connectivity index (χ2v) is 6.94. The van der Waals surface area contributed by atoms with Gasteiger partial charge in [0.1, 0.15) is 0 Å². The summed E-state index contributed by atoms with van der Waals surface area (Å²) in [5, 5.41) is 0. The molecule has 0 aliphatic carbocycles. The van der Waals surface area contributed by atoms with E-state index in [0.717, 1.165) is 22.3 Å². The van der Waals surface area contributed by atoms with Crippen LogP contribution >= 0.6 is 0 Å². The molecule has 0 aliphatic rings. The van der Waals surface area contributed by atoms with Crippen LogP contribution in [0.3, 0.4) is 0 Å². The molecule has 0 bridgehead atoms. The second kappa shape index (κ2) is 8.18. The van der Waals surface area contributed by atoms with Gasteiger partial charge in [-0.1, -0.05) is 98.1 Å². The summed E-state index contributed by atoms with van der Waals surface area (Å²) in [6, 6.07) is 28.6. The van der Waals surface area contributed by atoms with Crippen molar-refractivity contribution in [1.29, 1.82) is 0 Å². The van der Waals surface area contributed by atoms with Gasteiger partial charge in [-0.25, -0.2) is 0 Å². The second-order valence-electron chi connectivity index (χ2n) is 6.94. The fourth-order valence-corrected chi connectivity index (χ4v) is 3.56. The summed E-state index contributed by atoms with van der Waals surface area (Å²) in [4.78, 5) is 0. The van der Waals surface area contributed by atoms with Crippen LogP contribution in [0.4, 0.5) is 0 Å². The molecule has 0 aliphatic heterocycles. The van der Waals surface area contributed by atoms with E-state index in [1.807, 2.05) is 36.4 Å². The van der Waals surface area contributed by atoms with Gasteiger partial charge in [-0.2, -0.15) is 0 Å². The first-order chi connectivity index (χ1) is 13.5. The first kappa shape index (κ1) is 19.5. The molecule has 0 aromatic heterocycles. The lowest BCUT2D eigenvalue weighted by atomic mass is 9.84. The molecule has 0 N–H and O–H groups in total. The summed E-state index contributed by atoms with van der Waals surface area (Å²) in [6.07, 6.45) is 2.99. The van der Waals surface area contributed by atoms with Crippen LogP contribution in [-0.2, 0) is 20.7 Å². The lowest BCUT2D eigenvalue weighted by molar-refractivity contribution is 0.0741. The highest BCUT2D eigenvalue weighted by Crippen LogP contribution is 2.37. The fourth-order valence-electron chi connectivity index (χ4n) is 3.56. The lowest BCUT2D eigenvalue weighted by Crippen LogP contribution is -2.27. The molecule has 2 atom stereocenters. The van der Waals surface area contributed by atoms with E-state index >= 15 is 0 Å². The maximum Gasteiger partial charge on any atom is 0.155 e. The van der Waals surface area contributed by atoms with E-state index in [2.05, 4.69) is 75.5 Å². The summed E-state index contributed by atoms with van der Waals surface area (Å²) in [6.45, 7) is 11.6. The zero-order valence-electron chi connectivity index (χ0n) is 16.5. The van der Waals surface area contributed by atoms with Crippen LogP contribution in [-0.4, -0.2) is 0 Å². The molecule has 2 nitrogen and oxygen atoms in total. The molecule has 0 saturated heterocycles. The zero-order chi connectivity index (χ0) is 20.0. The summed E-state index contributed by atoms with van der Waals surface area (Å²) in [7, 11) is 0. The van der Waals surface area contributed by atoms with E-state index in [-0.39, 0.29) is 0 Å². The van der Waals surface area contributed by atoms with E-state index in [1.165, 1.54) is 12.5 Å². The van der Waals surface area contributed by atoms with Gasteiger partial charge in [0.2, 0.25) is 0 Å². The minimum Gasteiger partial charge on any atom is -0.486 e. The van der Waals surface area contributed by atoms with Crippen LogP contribution in [0.25, 0.3) is 0 Å². The van der Waals surface area contributed by atoms with E-state index < -0.39 is 11.2 Å². The molecule has 0 spiro atoms. The van der Waals surface area contributed by atoms with Gasteiger partial charge in [0.05, 0.1) is 12.5 Å². The Bertz CT molecular complexity index is 837. The van der Waals surface area contributed by atoms with Crippen LogP contribution in [0.2, 0.25) is 0 Å². The summed E-state index contributed by atoms with van der Waals surface area (Å²) in [5.74, 6) is 0. The molecule has 142 valence electrons. The summed E-state index contributed by atoms with van der Waals surface area (Å²) in [5.41, 5.74) is 2.97. The van der Waals surface area contributed by atoms with Crippen molar-refractivity contribution in [2.24, 2.45) is 0 Å². The maximum absolute atomic E-state index is 5.98. The number of hydrogen-bond donors (Lipinski definition) is 0. The minimum absolute atomic E-state index is 0.621. The number of rotatable bonds is 8. The molecular formula is C26H26O2. The van der Waals surface area contributed by atoms with Crippen LogP contribution in [0.15, 0.2) is 111 Å². The highest BCUT2D eigenvalue weighted by Gasteiger charge is 2.33. The third-order valence-electron chi connectivity index (χ3n) is 5.27. The van der Waals surface area contributed by atoms with Crippen LogP contribution in [0.5, 0.6) is 0 Å². The molecule has 3 rings (SSSR count). The number of benzene rings is 3. The zero-order valence-corrected chi connectivity index (χ0v) is 16.5. The van der Waals surface area contributed by atoms with Crippen LogP contribution in [0, 0.1) is 0 Å². The van der Waals surface area contributed by atoms with E-state index in [0.29, 0.717) is 0 Å². The van der Waals surface area contributed by atoms with E-state index in [1.54, 1.807) is 0 Å². The van der Waals surface area contributed by atoms with Gasteiger partial charge in [-0.3, -0.25) is 0 Å². The molecule has 0 fully saturated rings. The SMILES string of the molecule is C=COC(C)(c1ccccc1)c1ccc(C(C)(OC=C)c2ccccc2)cc1. The van der Waals surface area contributed by atoms with Gasteiger partial charge in [0.15, 0.2) is 11.2 Å². The van der Waals surface area contributed by atoms with Crippen molar-refractivity contribution in [1.82, 2.24) is 0 Å². The van der Waals surface area contributed by atoms with Crippen molar-refractivity contribution < 1.29 is 9.47 Å². The molecule has 3 aromatic carbocycles. The quantitative estimate of drug-likeness (QED) is 0.419. The fraction of sp³-hybridized carbons (Fsp3) is 0.154. The Hall–Kier alpha value is -3.26. The van der Waals surface area contributed by atoms with Gasteiger partial charge in [-0.05, 0) is 36.1 Å². The molecule has 28 heavy (non-hydrogen) atoms. The molecular weight excluding hydrogens is 344 g/mol. The topological polar surface area (TPSA) is 18.5 Å². The monoisotopic (exact) mass is 370 g/mol. The van der Waals surface area contributed by atoms with Gasteiger partial charge >= 0.3 is 0 Å². The lowest BCUT2D eigenvalue weighted by Gasteiger charge is -2.33. The van der Waals surface area contributed by atoms with E-state index in [9.17, 15) is 0 Å². The van der Waals surface area contributed by atoms with Crippen molar-refractivity contribution in [2.75, 3.05) is 0 Å². The Morgan fingerprint density at radius 1 is 0.536 bits per heavy atom.